The fraction of sp³-hybridized carbons (Fsp3) is 0.833. The number of fused-ring (bicyclic) bond motifs is 2. The summed E-state index contributed by atoms with van der Waals surface area (Å²) in [5.74, 6) is 2.98. The smallest absolute Gasteiger partial charge is 0.0924 e. The SMILES string of the molecule is CNC(CC1CC2CCC1C2)c1csnn1. The Morgan fingerprint density at radius 2 is 2.44 bits per heavy atom. The second kappa shape index (κ2) is 4.41. The van der Waals surface area contributed by atoms with Crippen molar-refractivity contribution in [1.82, 2.24) is 14.9 Å². The number of hydrogen-bond acceptors (Lipinski definition) is 4. The second-order valence-corrected chi connectivity index (χ2v) is 5.95. The molecule has 3 nitrogen and oxygen atoms in total. The fourth-order valence-electron chi connectivity index (χ4n) is 3.68. The summed E-state index contributed by atoms with van der Waals surface area (Å²) >= 11 is 1.46. The number of nitrogens with one attached hydrogen (secondary N) is 1. The first-order valence-corrected chi connectivity index (χ1v) is 7.14. The molecule has 1 heterocycles. The van der Waals surface area contributed by atoms with E-state index in [1.54, 1.807) is 0 Å². The van der Waals surface area contributed by atoms with Crippen LogP contribution in [-0.2, 0) is 0 Å². The Morgan fingerprint density at radius 3 is 3.00 bits per heavy atom. The lowest BCUT2D eigenvalue weighted by Gasteiger charge is -2.25. The average Bonchev–Trinajstić information content (AvgIpc) is 3.01. The minimum absolute atomic E-state index is 0.420. The molecule has 1 aromatic heterocycles. The lowest BCUT2D eigenvalue weighted by molar-refractivity contribution is 0.282. The summed E-state index contributed by atoms with van der Waals surface area (Å²) in [5, 5.41) is 9.67. The topological polar surface area (TPSA) is 37.8 Å². The first-order chi connectivity index (χ1) is 7.86. The van der Waals surface area contributed by atoms with Gasteiger partial charge < -0.3 is 5.32 Å². The zero-order valence-electron chi connectivity index (χ0n) is 9.72. The Morgan fingerprint density at radius 1 is 1.50 bits per heavy atom. The summed E-state index contributed by atoms with van der Waals surface area (Å²) in [4.78, 5) is 0. The van der Waals surface area contributed by atoms with E-state index < -0.39 is 0 Å². The summed E-state index contributed by atoms with van der Waals surface area (Å²) in [7, 11) is 2.04. The van der Waals surface area contributed by atoms with Gasteiger partial charge in [-0.05, 0) is 62.0 Å². The molecular formula is C12H19N3S. The molecule has 2 bridgehead atoms. The number of hydrogen-bond donors (Lipinski definition) is 1. The van der Waals surface area contributed by atoms with Crippen LogP contribution in [0.3, 0.4) is 0 Å². The van der Waals surface area contributed by atoms with Crippen molar-refractivity contribution < 1.29 is 0 Å². The van der Waals surface area contributed by atoms with Crippen LogP contribution in [0, 0.1) is 17.8 Å². The van der Waals surface area contributed by atoms with E-state index in [-0.39, 0.29) is 0 Å². The molecule has 4 atom stereocenters. The van der Waals surface area contributed by atoms with Crippen LogP contribution in [0.2, 0.25) is 0 Å². The molecule has 16 heavy (non-hydrogen) atoms. The van der Waals surface area contributed by atoms with E-state index in [1.807, 2.05) is 7.05 Å². The molecule has 3 rings (SSSR count). The van der Waals surface area contributed by atoms with Gasteiger partial charge in [0, 0.05) is 5.38 Å². The van der Waals surface area contributed by atoms with Crippen LogP contribution >= 0.6 is 11.5 Å². The van der Waals surface area contributed by atoms with Crippen molar-refractivity contribution in [3.05, 3.63) is 11.1 Å². The maximum Gasteiger partial charge on any atom is 0.0924 e. The maximum atomic E-state index is 4.20. The molecule has 1 N–H and O–H groups in total. The first-order valence-electron chi connectivity index (χ1n) is 6.31. The van der Waals surface area contributed by atoms with Gasteiger partial charge in [-0.15, -0.1) is 5.10 Å². The van der Waals surface area contributed by atoms with E-state index in [1.165, 1.54) is 43.6 Å². The Labute approximate surface area is 101 Å². The maximum absolute atomic E-state index is 4.20. The lowest BCUT2D eigenvalue weighted by atomic mass is 9.84. The molecule has 0 amide bonds. The zero-order valence-corrected chi connectivity index (χ0v) is 10.5. The van der Waals surface area contributed by atoms with Crippen LogP contribution in [0.15, 0.2) is 5.38 Å². The molecule has 1 aromatic rings. The van der Waals surface area contributed by atoms with Crippen LogP contribution in [0.4, 0.5) is 0 Å². The summed E-state index contributed by atoms with van der Waals surface area (Å²) in [6, 6.07) is 0.420. The summed E-state index contributed by atoms with van der Waals surface area (Å²) in [6.45, 7) is 0. The first kappa shape index (κ1) is 10.7. The van der Waals surface area contributed by atoms with Gasteiger partial charge in [0.25, 0.3) is 0 Å². The van der Waals surface area contributed by atoms with E-state index in [0.29, 0.717) is 6.04 Å². The number of nitrogens with zero attached hydrogens (tertiary/aromatic N) is 2. The highest BCUT2D eigenvalue weighted by Crippen LogP contribution is 2.50. The van der Waals surface area contributed by atoms with Gasteiger partial charge in [-0.1, -0.05) is 10.9 Å². The van der Waals surface area contributed by atoms with Crippen LogP contribution in [0.25, 0.3) is 0 Å². The predicted octanol–water partition coefficient (Wildman–Crippen LogP) is 2.62. The third-order valence-corrected chi connectivity index (χ3v) is 5.03. The third-order valence-electron chi connectivity index (χ3n) is 4.51. The Hall–Kier alpha value is -0.480. The van der Waals surface area contributed by atoms with Crippen molar-refractivity contribution in [2.45, 2.75) is 38.1 Å². The van der Waals surface area contributed by atoms with E-state index in [0.717, 1.165) is 23.4 Å². The Balaban J connectivity index is 1.65. The molecule has 2 aliphatic carbocycles. The normalized spacial score (nSPS) is 34.4. The average molecular weight is 237 g/mol. The highest BCUT2D eigenvalue weighted by molar-refractivity contribution is 7.03. The van der Waals surface area contributed by atoms with Gasteiger partial charge in [0.15, 0.2) is 0 Å². The molecule has 4 unspecified atom stereocenters. The summed E-state index contributed by atoms with van der Waals surface area (Å²) in [6.07, 6.45) is 7.17. The number of rotatable bonds is 4. The van der Waals surface area contributed by atoms with Crippen molar-refractivity contribution in [3.8, 4) is 0 Å². The highest BCUT2D eigenvalue weighted by atomic mass is 32.1. The summed E-state index contributed by atoms with van der Waals surface area (Å²) < 4.78 is 3.97. The van der Waals surface area contributed by atoms with Gasteiger partial charge in [-0.3, -0.25) is 0 Å². The molecule has 2 saturated carbocycles. The molecular weight excluding hydrogens is 218 g/mol. The highest BCUT2D eigenvalue weighted by Gasteiger charge is 2.40. The minimum atomic E-state index is 0.420. The molecule has 0 aliphatic heterocycles. The van der Waals surface area contributed by atoms with Crippen molar-refractivity contribution in [2.24, 2.45) is 17.8 Å². The van der Waals surface area contributed by atoms with E-state index in [4.69, 9.17) is 0 Å². The van der Waals surface area contributed by atoms with Crippen molar-refractivity contribution >= 4 is 11.5 Å². The molecule has 0 spiro atoms. The molecule has 0 aromatic carbocycles. The standard InChI is InChI=1S/C12H19N3S/c1-13-11(12-7-16-15-14-12)6-10-5-8-2-3-9(10)4-8/h7-11,13H,2-6H2,1H3. The Bertz CT molecular complexity index is 338. The Kier molecular flexibility index (Phi) is 2.94. The van der Waals surface area contributed by atoms with Crippen LogP contribution in [-0.4, -0.2) is 16.6 Å². The van der Waals surface area contributed by atoms with E-state index in [9.17, 15) is 0 Å². The van der Waals surface area contributed by atoms with E-state index >= 15 is 0 Å². The lowest BCUT2D eigenvalue weighted by Crippen LogP contribution is -2.23. The molecule has 0 radical (unpaired) electrons. The number of aromatic nitrogens is 2. The minimum Gasteiger partial charge on any atom is -0.312 e. The largest absolute Gasteiger partial charge is 0.312 e. The van der Waals surface area contributed by atoms with Crippen molar-refractivity contribution in [2.75, 3.05) is 7.05 Å². The van der Waals surface area contributed by atoms with Gasteiger partial charge in [0.2, 0.25) is 0 Å². The van der Waals surface area contributed by atoms with Gasteiger partial charge in [0.1, 0.15) is 0 Å². The molecule has 2 aliphatic rings. The van der Waals surface area contributed by atoms with Gasteiger partial charge >= 0.3 is 0 Å². The van der Waals surface area contributed by atoms with Crippen molar-refractivity contribution in [1.29, 1.82) is 0 Å². The van der Waals surface area contributed by atoms with Gasteiger partial charge in [0.05, 0.1) is 11.7 Å². The third kappa shape index (κ3) is 1.89. The summed E-state index contributed by atoms with van der Waals surface area (Å²) in [5.41, 5.74) is 1.13. The van der Waals surface area contributed by atoms with Crippen LogP contribution in [0.1, 0.15) is 43.8 Å². The molecule has 2 fully saturated rings. The van der Waals surface area contributed by atoms with Crippen molar-refractivity contribution in [3.63, 3.8) is 0 Å². The molecule has 4 heteroatoms. The fourth-order valence-corrected chi connectivity index (χ4v) is 4.19. The molecule has 88 valence electrons. The van der Waals surface area contributed by atoms with E-state index in [2.05, 4.69) is 20.3 Å². The van der Waals surface area contributed by atoms with Gasteiger partial charge in [-0.25, -0.2) is 0 Å². The quantitative estimate of drug-likeness (QED) is 0.874. The van der Waals surface area contributed by atoms with Crippen LogP contribution < -0.4 is 5.32 Å². The monoisotopic (exact) mass is 237 g/mol. The predicted molar refractivity (Wildman–Crippen MR) is 65.3 cm³/mol. The van der Waals surface area contributed by atoms with Crippen LogP contribution in [0.5, 0.6) is 0 Å². The second-order valence-electron chi connectivity index (χ2n) is 5.34. The zero-order chi connectivity index (χ0) is 11.0. The van der Waals surface area contributed by atoms with Gasteiger partial charge in [-0.2, -0.15) is 0 Å². The molecule has 0 saturated heterocycles.